The Labute approximate surface area is 503 Å². The molecule has 0 aromatic heterocycles. The van der Waals surface area contributed by atoms with Crippen molar-refractivity contribution in [3.05, 3.63) is 145 Å². The maximum absolute atomic E-state index is 11.7. The Morgan fingerprint density at radius 1 is 0.434 bits per heavy atom. The first kappa shape index (κ1) is 65.6. The largest absolute Gasteiger partial charge is 0.375 e. The summed E-state index contributed by atoms with van der Waals surface area (Å²) in [5.41, 5.74) is 0. The van der Waals surface area contributed by atoms with Gasteiger partial charge in [0.25, 0.3) is 37.0 Å². The molecule has 0 radical (unpaired) electrons. The summed E-state index contributed by atoms with van der Waals surface area (Å²) in [4.78, 5) is 94.0. The molecule has 15 aliphatic rings. The molecule has 15 saturated heterocycles. The zero-order valence-corrected chi connectivity index (χ0v) is 52.1. The van der Waals surface area contributed by atoms with Crippen LogP contribution in [0.3, 0.4) is 0 Å². The third-order valence-electron chi connectivity index (χ3n) is 15.3. The maximum atomic E-state index is 11.7. The predicted molar refractivity (Wildman–Crippen MR) is 294 cm³/mol. The topological polar surface area (TPSA) is 422 Å². The Morgan fingerprint density at radius 2 is 0.614 bits per heavy atom. The van der Waals surface area contributed by atoms with Gasteiger partial charge in [-0.2, -0.15) is 0 Å². The number of piperazine rings is 3. The van der Waals surface area contributed by atoms with Gasteiger partial charge in [-0.05, 0) is 71.8 Å². The van der Waals surface area contributed by atoms with Gasteiger partial charge >= 0.3 is 0 Å². The maximum Gasteiger partial charge on any atom is 0.272 e. The van der Waals surface area contributed by atoms with Crippen molar-refractivity contribution in [1.82, 2.24) is 91.4 Å². The molecule has 0 spiro atoms. The number of halogens is 1. The second-order valence-corrected chi connectivity index (χ2v) is 19.1. The molecule has 6 N–H and O–H groups in total. The van der Waals surface area contributed by atoms with Crippen LogP contribution in [0, 0.1) is 70.8 Å². The average molecular weight is 1480 g/mol. The molecule has 43 heteroatoms. The predicted octanol–water partition coefficient (Wildman–Crippen LogP) is -1.74. The van der Waals surface area contributed by atoms with Crippen LogP contribution in [0.15, 0.2) is 74.7 Å². The number of allylic oxidation sites excluding steroid dienone is 4. The first-order chi connectivity index (χ1) is 39.2. The van der Waals surface area contributed by atoms with E-state index in [2.05, 4.69) is 185 Å². The molecule has 15 heterocycles. The van der Waals surface area contributed by atoms with Crippen molar-refractivity contribution in [1.29, 1.82) is 0 Å². The molecule has 15 rings (SSSR count). The molecule has 0 saturated carbocycles. The van der Waals surface area contributed by atoms with Gasteiger partial charge in [-0.1, -0.05) is 110 Å². The normalized spacial score (nSPS) is 35.3. The molecular formula is C40H67IN25O15PW. The fourth-order valence-corrected chi connectivity index (χ4v) is 12.9. The van der Waals surface area contributed by atoms with Crippen LogP contribution >= 0.6 is 28.9 Å². The molecular weight excluding hydrogens is 1410 g/mol. The molecule has 15 fully saturated rings. The van der Waals surface area contributed by atoms with Gasteiger partial charge in [0.15, 0.2) is 30.2 Å². The van der Waals surface area contributed by atoms with Crippen molar-refractivity contribution < 1.29 is 60.9 Å². The van der Waals surface area contributed by atoms with Crippen LogP contribution in [-0.4, -0.2) is 225 Å². The molecule has 8 unspecified atom stereocenters. The van der Waals surface area contributed by atoms with Crippen LogP contribution < -0.4 is 31.9 Å². The van der Waals surface area contributed by atoms with Crippen molar-refractivity contribution in [3.8, 4) is 0 Å². The van der Waals surface area contributed by atoms with Gasteiger partial charge in [-0.15, -0.1) is 0 Å². The number of nitrogens with one attached hydrogen (secondary N) is 6. The molecule has 0 aliphatic carbocycles. The fourth-order valence-electron chi connectivity index (χ4n) is 12.9. The van der Waals surface area contributed by atoms with Crippen LogP contribution in [0.5, 0.6) is 0 Å². The number of ether oxygens (including phenoxy) is 1. The number of methoxy groups -OCH3 is 1. The number of nitrogens with zero attached hydrogens (tertiary/aromatic N) is 19. The van der Waals surface area contributed by atoms with Crippen molar-refractivity contribution in [2.45, 2.75) is 166 Å². The molecule has 8 atom stereocenters. The minimum Gasteiger partial charge on any atom is -0.375 e. The summed E-state index contributed by atoms with van der Waals surface area (Å²) in [7, 11) is 1.45. The van der Waals surface area contributed by atoms with E-state index in [0.29, 0.717) is 37.0 Å². The van der Waals surface area contributed by atoms with Gasteiger partial charge in [0.1, 0.15) is 43.1 Å². The molecule has 0 aromatic carbocycles. The average Bonchev–Trinajstić information content (AvgIpc) is 1.54. The first-order valence-corrected chi connectivity index (χ1v) is 29.8. The summed E-state index contributed by atoms with van der Waals surface area (Å²) in [5, 5.41) is 91.0. The number of rotatable bonds is 15. The van der Waals surface area contributed by atoms with Gasteiger partial charge in [0, 0.05) is 33.1 Å². The Kier molecular flexibility index (Phi) is 21.0. The van der Waals surface area contributed by atoms with Crippen LogP contribution in [0.4, 0.5) is 0 Å². The SMILES string of the molecule is C=CN1C2C3N(C=C)C4C(N(/C=C\C)C(C1N4/C=C/C)N2C=CC)N3/C=C\C.CC.COC(C)C[N+](=O)[O-].N1C2NC3NC4NC3NC2NC14.O=[N+]([O-])N1C2C3N([N+](=O)[O-])C1C1N([N+](=O)[O-])C(C(N1[N+](=O)[O-])N3[N+](=O)[O-])N2[N+](=O)[O-].PI.[W]. The molecule has 15 aliphatic heterocycles. The summed E-state index contributed by atoms with van der Waals surface area (Å²) in [6, 6.07) is 0. The Hall–Kier alpha value is -6.59. The fraction of sp³-hybridized carbons (Fsp3) is 0.700. The minimum atomic E-state index is -2.47. The van der Waals surface area contributed by atoms with Gasteiger partial charge < -0.3 is 34.1 Å². The standard InChI is InChI=1S/C22H32N6.C6H6N12O12.C6H12N6.C4H9NO3.C2H6.H2IP.W/c1-7-13-25-19-21-26(14-8-2)17(23(19)11-5)18-24(12-6)20(25)22(27(18)15-9-3)28(21)16-10-4;19-13(20)7-1-2-8(14(21)22)5(7)6-9(15(23)24)3(11(1)17(27)28)4(10(6)16(25)26)12(2)18(29)30;7-1-2-8-5(7)6-9-3(11-1)4(10-6)12-2;1-4(8-2)3-5(6)7;2*1-2;/h7-22H,5-6H2,1-4H3;1-6H;1-12H;4H,3H2,1-2H3;1-2H3;2H2;/b13-7+,14-8-,15-9?,16-10-;;;;;;. The molecule has 0 aromatic rings. The molecule has 460 valence electrons. The second kappa shape index (κ2) is 26.5. The summed E-state index contributed by atoms with van der Waals surface area (Å²) in [6.45, 7) is 24.7. The smallest absolute Gasteiger partial charge is 0.272 e. The van der Waals surface area contributed by atoms with Crippen LogP contribution in [0.1, 0.15) is 48.5 Å². The zero-order chi connectivity index (χ0) is 60.7. The second-order valence-electron chi connectivity index (χ2n) is 19.1. The van der Waals surface area contributed by atoms with Crippen molar-refractivity contribution in [2.75, 3.05) is 13.7 Å². The number of hydrogen-bond donors (Lipinski definition) is 6. The Morgan fingerprint density at radius 3 is 0.735 bits per heavy atom. The molecule has 40 nitrogen and oxygen atoms in total. The Bertz CT molecular complexity index is 2370. The van der Waals surface area contributed by atoms with Gasteiger partial charge in [0.05, 0.1) is 37.0 Å². The van der Waals surface area contributed by atoms with E-state index in [1.54, 1.807) is 6.92 Å². The third kappa shape index (κ3) is 10.6. The van der Waals surface area contributed by atoms with E-state index in [1.807, 2.05) is 26.2 Å². The van der Waals surface area contributed by atoms with Crippen molar-refractivity contribution >= 4 is 28.9 Å². The number of hydrazine groups is 6. The van der Waals surface area contributed by atoms with E-state index in [1.165, 1.54) is 7.11 Å². The van der Waals surface area contributed by atoms with Crippen LogP contribution in [-0.2, 0) is 25.8 Å². The minimum absolute atomic E-state index is 0. The van der Waals surface area contributed by atoms with Crippen LogP contribution in [0.25, 0.3) is 0 Å². The van der Waals surface area contributed by atoms with E-state index >= 15 is 0 Å². The van der Waals surface area contributed by atoms with Crippen LogP contribution in [0.2, 0.25) is 0 Å². The molecule has 0 amide bonds. The molecule has 18 bridgehead atoms. The summed E-state index contributed by atoms with van der Waals surface area (Å²) in [6.07, 6.45) is 10.00. The van der Waals surface area contributed by atoms with Gasteiger partial charge in [-0.3, -0.25) is 42.0 Å². The quantitative estimate of drug-likeness (QED) is 0.0459. The number of nitro groups is 7. The monoisotopic (exact) mass is 1480 g/mol. The summed E-state index contributed by atoms with van der Waals surface area (Å²) >= 11 is 2.07. The number of hydrogen-bond acceptors (Lipinski definition) is 27. The van der Waals surface area contributed by atoms with E-state index in [-0.39, 0.29) is 101 Å². The van der Waals surface area contributed by atoms with Crippen molar-refractivity contribution in [3.63, 3.8) is 0 Å². The third-order valence-corrected chi connectivity index (χ3v) is 15.3. The van der Waals surface area contributed by atoms with E-state index in [4.69, 9.17) is 0 Å². The summed E-state index contributed by atoms with van der Waals surface area (Å²) < 4.78 is 4.62. The Balaban J connectivity index is 0.000000191. The van der Waals surface area contributed by atoms with E-state index < -0.39 is 72.1 Å². The van der Waals surface area contributed by atoms with E-state index in [0.717, 1.165) is 0 Å². The van der Waals surface area contributed by atoms with Gasteiger partial charge in [0.2, 0.25) is 6.54 Å². The molecule has 83 heavy (non-hydrogen) atoms. The first-order valence-electron chi connectivity index (χ1n) is 25.6. The van der Waals surface area contributed by atoms with Crippen molar-refractivity contribution in [2.24, 2.45) is 0 Å². The van der Waals surface area contributed by atoms with Gasteiger partial charge in [-0.25, -0.2) is 60.7 Å². The summed E-state index contributed by atoms with van der Waals surface area (Å²) in [5.74, 6) is 0. The van der Waals surface area contributed by atoms with E-state index in [9.17, 15) is 70.8 Å². The zero-order valence-electron chi connectivity index (χ0n) is 45.8.